The van der Waals surface area contributed by atoms with Crippen molar-refractivity contribution in [2.75, 3.05) is 18.5 Å². The van der Waals surface area contributed by atoms with Crippen LogP contribution in [0.1, 0.15) is 36.0 Å². The first-order valence-electron chi connectivity index (χ1n) is 9.92. The summed E-state index contributed by atoms with van der Waals surface area (Å²) in [4.78, 5) is 28.2. The standard InChI is InChI=1S/C23H26N2O4/c1-14-8-9-18(15(2)12-14)24-21(27)20-17-13-23(3,25(10-11-26)22(20)28)29-19-7-5-4-6-16(17)19/h4-9,12,17,20,26H,10-11,13H2,1-3H3,(H,24,27)/t17-,20+,23+/m0/s1. The van der Waals surface area contributed by atoms with Crippen LogP contribution < -0.4 is 10.1 Å². The maximum absolute atomic E-state index is 13.4. The molecule has 3 atom stereocenters. The number of benzene rings is 2. The van der Waals surface area contributed by atoms with Gasteiger partial charge in [-0.05, 0) is 44.0 Å². The summed E-state index contributed by atoms with van der Waals surface area (Å²) in [6, 6.07) is 13.4. The van der Waals surface area contributed by atoms with Gasteiger partial charge in [-0.15, -0.1) is 0 Å². The van der Waals surface area contributed by atoms with Crippen LogP contribution in [0.4, 0.5) is 5.69 Å². The van der Waals surface area contributed by atoms with E-state index in [0.29, 0.717) is 17.9 Å². The van der Waals surface area contributed by atoms with E-state index in [4.69, 9.17) is 4.74 Å². The topological polar surface area (TPSA) is 78.9 Å². The molecular weight excluding hydrogens is 368 g/mol. The number of carbonyl (C=O) groups is 2. The van der Waals surface area contributed by atoms with E-state index >= 15 is 0 Å². The normalized spacial score (nSPS) is 25.2. The van der Waals surface area contributed by atoms with Gasteiger partial charge in [0.2, 0.25) is 11.8 Å². The molecule has 0 radical (unpaired) electrons. The van der Waals surface area contributed by atoms with Crippen molar-refractivity contribution in [2.24, 2.45) is 5.92 Å². The van der Waals surface area contributed by atoms with Crippen molar-refractivity contribution in [1.82, 2.24) is 4.90 Å². The summed E-state index contributed by atoms with van der Waals surface area (Å²) in [6.45, 7) is 5.71. The summed E-state index contributed by atoms with van der Waals surface area (Å²) < 4.78 is 6.17. The number of fused-ring (bicyclic) bond motifs is 4. The molecule has 0 aliphatic carbocycles. The molecule has 0 aromatic heterocycles. The van der Waals surface area contributed by atoms with Gasteiger partial charge in [0.05, 0.1) is 6.61 Å². The van der Waals surface area contributed by atoms with E-state index in [0.717, 1.165) is 16.7 Å². The lowest BCUT2D eigenvalue weighted by molar-refractivity contribution is -0.176. The van der Waals surface area contributed by atoms with Crippen LogP contribution in [0, 0.1) is 19.8 Å². The van der Waals surface area contributed by atoms with Crippen molar-refractivity contribution in [3.05, 3.63) is 59.2 Å². The Labute approximate surface area is 170 Å². The van der Waals surface area contributed by atoms with E-state index < -0.39 is 11.6 Å². The SMILES string of the molecule is Cc1ccc(NC(=O)[C@@H]2C(=O)N(CCO)[C@@]3(C)C[C@H]2c2ccccc2O3)c(C)c1. The van der Waals surface area contributed by atoms with Gasteiger partial charge in [0.25, 0.3) is 0 Å². The fourth-order valence-corrected chi connectivity index (χ4v) is 4.62. The van der Waals surface area contributed by atoms with Gasteiger partial charge in [-0.1, -0.05) is 35.9 Å². The fourth-order valence-electron chi connectivity index (χ4n) is 4.62. The Bertz CT molecular complexity index is 973. The third-order valence-electron chi connectivity index (χ3n) is 6.00. The highest BCUT2D eigenvalue weighted by atomic mass is 16.5. The average molecular weight is 394 g/mol. The van der Waals surface area contributed by atoms with Crippen LogP contribution in [-0.4, -0.2) is 40.7 Å². The van der Waals surface area contributed by atoms with E-state index in [1.165, 1.54) is 4.90 Å². The second-order valence-corrected chi connectivity index (χ2v) is 8.12. The molecule has 0 spiro atoms. The summed E-state index contributed by atoms with van der Waals surface area (Å²) in [7, 11) is 0. The Balaban J connectivity index is 1.73. The molecule has 2 bridgehead atoms. The molecule has 2 aliphatic rings. The van der Waals surface area contributed by atoms with Crippen molar-refractivity contribution >= 4 is 17.5 Å². The van der Waals surface area contributed by atoms with Gasteiger partial charge in [0, 0.05) is 24.6 Å². The van der Waals surface area contributed by atoms with E-state index in [1.54, 1.807) is 0 Å². The highest BCUT2D eigenvalue weighted by molar-refractivity contribution is 6.08. The predicted molar refractivity (Wildman–Crippen MR) is 110 cm³/mol. The predicted octanol–water partition coefficient (Wildman–Crippen LogP) is 2.98. The van der Waals surface area contributed by atoms with Gasteiger partial charge in [0.15, 0.2) is 5.72 Å². The molecule has 152 valence electrons. The summed E-state index contributed by atoms with van der Waals surface area (Å²) in [5.41, 5.74) is 2.76. The minimum atomic E-state index is -0.880. The van der Waals surface area contributed by atoms with Gasteiger partial charge < -0.3 is 20.1 Å². The molecule has 6 nitrogen and oxygen atoms in total. The Morgan fingerprint density at radius 2 is 2.03 bits per heavy atom. The number of aryl methyl sites for hydroxylation is 2. The first-order valence-corrected chi connectivity index (χ1v) is 9.92. The number of piperidine rings is 1. The second kappa shape index (κ2) is 7.19. The summed E-state index contributed by atoms with van der Waals surface area (Å²) in [5, 5.41) is 12.5. The Morgan fingerprint density at radius 1 is 1.28 bits per heavy atom. The maximum Gasteiger partial charge on any atom is 0.238 e. The van der Waals surface area contributed by atoms with Crippen molar-refractivity contribution in [1.29, 1.82) is 0 Å². The van der Waals surface area contributed by atoms with Crippen LogP contribution in [0.15, 0.2) is 42.5 Å². The Morgan fingerprint density at radius 3 is 2.76 bits per heavy atom. The van der Waals surface area contributed by atoms with Gasteiger partial charge in [0.1, 0.15) is 11.7 Å². The third kappa shape index (κ3) is 3.27. The fraction of sp³-hybridized carbons (Fsp3) is 0.391. The Kier molecular flexibility index (Phi) is 4.82. The van der Waals surface area contributed by atoms with Crippen molar-refractivity contribution in [3.8, 4) is 5.75 Å². The number of aliphatic hydroxyl groups excluding tert-OH is 1. The lowest BCUT2D eigenvalue weighted by atomic mass is 9.73. The smallest absolute Gasteiger partial charge is 0.238 e. The minimum absolute atomic E-state index is 0.123. The van der Waals surface area contributed by atoms with Crippen LogP contribution in [0.3, 0.4) is 0 Å². The highest BCUT2D eigenvalue weighted by Gasteiger charge is 2.55. The van der Waals surface area contributed by atoms with Gasteiger partial charge >= 0.3 is 0 Å². The van der Waals surface area contributed by atoms with Crippen LogP contribution in [-0.2, 0) is 9.59 Å². The molecule has 2 aliphatic heterocycles. The number of anilines is 1. The minimum Gasteiger partial charge on any atom is -0.468 e. The first-order chi connectivity index (χ1) is 13.8. The Hall–Kier alpha value is -2.86. The van der Waals surface area contributed by atoms with Crippen molar-refractivity contribution < 1.29 is 19.4 Å². The number of rotatable bonds is 4. The largest absolute Gasteiger partial charge is 0.468 e. The van der Waals surface area contributed by atoms with Crippen molar-refractivity contribution in [3.63, 3.8) is 0 Å². The van der Waals surface area contributed by atoms with E-state index in [2.05, 4.69) is 5.32 Å². The highest BCUT2D eigenvalue weighted by Crippen LogP contribution is 2.50. The lowest BCUT2D eigenvalue weighted by Gasteiger charge is -2.52. The van der Waals surface area contributed by atoms with Gasteiger partial charge in [-0.2, -0.15) is 0 Å². The molecule has 1 saturated heterocycles. The van der Waals surface area contributed by atoms with Crippen LogP contribution in [0.2, 0.25) is 0 Å². The lowest BCUT2D eigenvalue weighted by Crippen LogP contribution is -2.64. The number of amides is 2. The number of ether oxygens (including phenoxy) is 1. The van der Waals surface area contributed by atoms with Gasteiger partial charge in [-0.3, -0.25) is 9.59 Å². The summed E-state index contributed by atoms with van der Waals surface area (Å²) in [5.74, 6) is -1.10. The zero-order valence-corrected chi connectivity index (χ0v) is 16.9. The number of nitrogens with one attached hydrogen (secondary N) is 1. The zero-order valence-electron chi connectivity index (χ0n) is 16.9. The number of aliphatic hydroxyl groups is 1. The number of β-amino-alcohol motifs (C(OH)–C–C–N with tert-alkyl or cyclic N) is 1. The number of nitrogens with zero attached hydrogens (tertiary/aromatic N) is 1. The van der Waals surface area contributed by atoms with Crippen LogP contribution in [0.25, 0.3) is 0 Å². The van der Waals surface area contributed by atoms with Crippen LogP contribution >= 0.6 is 0 Å². The van der Waals surface area contributed by atoms with Gasteiger partial charge in [-0.25, -0.2) is 0 Å². The molecule has 2 N–H and O–H groups in total. The molecule has 2 aromatic carbocycles. The van der Waals surface area contributed by atoms with E-state index in [1.807, 2.05) is 63.2 Å². The number of para-hydroxylation sites is 1. The molecule has 2 aromatic rings. The third-order valence-corrected chi connectivity index (χ3v) is 6.00. The number of hydrogen-bond donors (Lipinski definition) is 2. The molecule has 0 saturated carbocycles. The van der Waals surface area contributed by atoms with E-state index in [-0.39, 0.29) is 30.9 Å². The molecular formula is C23H26N2O4. The zero-order chi connectivity index (χ0) is 20.8. The molecule has 1 fully saturated rings. The number of hydrogen-bond acceptors (Lipinski definition) is 4. The first kappa shape index (κ1) is 19.5. The molecule has 2 amide bonds. The molecule has 6 heteroatoms. The van der Waals surface area contributed by atoms with Crippen molar-refractivity contribution in [2.45, 2.75) is 38.8 Å². The summed E-state index contributed by atoms with van der Waals surface area (Å²) in [6.07, 6.45) is 0.501. The molecule has 4 rings (SSSR count). The number of likely N-dealkylation sites (tertiary alicyclic amines) is 1. The molecule has 29 heavy (non-hydrogen) atoms. The second-order valence-electron chi connectivity index (χ2n) is 8.12. The molecule has 0 unspecified atom stereocenters. The average Bonchev–Trinajstić information content (AvgIpc) is 2.67. The molecule has 2 heterocycles. The number of carbonyl (C=O) groups excluding carboxylic acids is 2. The van der Waals surface area contributed by atoms with E-state index in [9.17, 15) is 14.7 Å². The van der Waals surface area contributed by atoms with Crippen LogP contribution in [0.5, 0.6) is 5.75 Å². The summed E-state index contributed by atoms with van der Waals surface area (Å²) >= 11 is 0. The quantitative estimate of drug-likeness (QED) is 0.782. The monoisotopic (exact) mass is 394 g/mol. The maximum atomic E-state index is 13.4.